The molecule has 3 aromatic rings. The van der Waals surface area contributed by atoms with Crippen molar-refractivity contribution >= 4 is 34.5 Å². The van der Waals surface area contributed by atoms with Gasteiger partial charge in [-0.15, -0.1) is 0 Å². The van der Waals surface area contributed by atoms with E-state index < -0.39 is 0 Å². The lowest BCUT2D eigenvalue weighted by Crippen LogP contribution is -2.32. The molecule has 8 heteroatoms. The highest BCUT2D eigenvalue weighted by Crippen LogP contribution is 2.23. The molecule has 2 heterocycles. The Balaban J connectivity index is 1.88. The van der Waals surface area contributed by atoms with Gasteiger partial charge in [0.25, 0.3) is 0 Å². The van der Waals surface area contributed by atoms with E-state index in [0.717, 1.165) is 5.56 Å². The van der Waals surface area contributed by atoms with Gasteiger partial charge in [-0.05, 0) is 53.6 Å². The Kier molecular flexibility index (Phi) is 6.88. The molecule has 0 radical (unpaired) electrons. The van der Waals surface area contributed by atoms with Crippen LogP contribution >= 0.6 is 11.3 Å². The minimum absolute atomic E-state index is 0.0219. The summed E-state index contributed by atoms with van der Waals surface area (Å²) in [7, 11) is 0. The molecule has 0 aliphatic carbocycles. The molecule has 0 saturated heterocycles. The lowest BCUT2D eigenvalue weighted by molar-refractivity contribution is -0.118. The molecule has 7 nitrogen and oxygen atoms in total. The second kappa shape index (κ2) is 9.76. The lowest BCUT2D eigenvalue weighted by atomic mass is 10.1. The highest BCUT2D eigenvalue weighted by Gasteiger charge is 2.20. The van der Waals surface area contributed by atoms with Crippen molar-refractivity contribution in [2.24, 2.45) is 0 Å². The van der Waals surface area contributed by atoms with Crippen molar-refractivity contribution in [3.05, 3.63) is 69.9 Å². The summed E-state index contributed by atoms with van der Waals surface area (Å²) < 4.78 is 0. The number of amides is 2. The first-order valence-corrected chi connectivity index (χ1v) is 10.4. The van der Waals surface area contributed by atoms with Gasteiger partial charge in [0.1, 0.15) is 18.1 Å². The summed E-state index contributed by atoms with van der Waals surface area (Å²) in [6.07, 6.45) is 1.74. The summed E-state index contributed by atoms with van der Waals surface area (Å²) in [6, 6.07) is 11.2. The van der Waals surface area contributed by atoms with Crippen LogP contribution in [0.4, 0.5) is 11.4 Å². The van der Waals surface area contributed by atoms with Crippen LogP contribution in [-0.4, -0.2) is 21.8 Å². The van der Waals surface area contributed by atoms with Crippen molar-refractivity contribution in [1.82, 2.24) is 9.97 Å². The number of benzene rings is 1. The van der Waals surface area contributed by atoms with Crippen molar-refractivity contribution in [2.45, 2.75) is 33.2 Å². The number of hydrogen-bond acceptors (Lipinski definition) is 6. The van der Waals surface area contributed by atoms with Crippen LogP contribution < -0.4 is 10.2 Å². The maximum absolute atomic E-state index is 13.3. The number of carbonyl (C=O) groups is 2. The third kappa shape index (κ3) is 5.07. The van der Waals surface area contributed by atoms with Crippen molar-refractivity contribution in [3.63, 3.8) is 0 Å². The normalized spacial score (nSPS) is 10.3. The molecule has 0 aliphatic rings. The van der Waals surface area contributed by atoms with Crippen LogP contribution in [0.2, 0.25) is 0 Å². The number of anilines is 2. The summed E-state index contributed by atoms with van der Waals surface area (Å²) in [4.78, 5) is 34.6. The van der Waals surface area contributed by atoms with Gasteiger partial charge in [-0.3, -0.25) is 9.59 Å². The highest BCUT2D eigenvalue weighted by molar-refractivity contribution is 7.07. The molecule has 2 aromatic heterocycles. The first kappa shape index (κ1) is 21.1. The van der Waals surface area contributed by atoms with Gasteiger partial charge in [-0.1, -0.05) is 6.92 Å². The second-order valence-electron chi connectivity index (χ2n) is 6.63. The third-order valence-electron chi connectivity index (χ3n) is 4.60. The summed E-state index contributed by atoms with van der Waals surface area (Å²) in [5.74, 6) is -0.238. The monoisotopic (exact) mass is 419 g/mol. The smallest absolute Gasteiger partial charge is 0.231 e. The van der Waals surface area contributed by atoms with E-state index in [1.165, 1.54) is 6.33 Å². The summed E-state index contributed by atoms with van der Waals surface area (Å²) >= 11 is 1.56. The Labute approximate surface area is 179 Å². The fraction of sp³-hybridized carbons (Fsp3) is 0.227. The fourth-order valence-corrected chi connectivity index (χ4v) is 3.58. The molecule has 30 heavy (non-hydrogen) atoms. The van der Waals surface area contributed by atoms with E-state index in [4.69, 9.17) is 0 Å². The molecule has 0 spiro atoms. The molecule has 0 aliphatic heterocycles. The van der Waals surface area contributed by atoms with Crippen molar-refractivity contribution in [3.8, 4) is 6.07 Å². The van der Waals surface area contributed by atoms with Crippen LogP contribution in [0.1, 0.15) is 35.9 Å². The number of rotatable bonds is 7. The van der Waals surface area contributed by atoms with Crippen LogP contribution in [-0.2, 0) is 22.6 Å². The van der Waals surface area contributed by atoms with Crippen molar-refractivity contribution < 1.29 is 9.59 Å². The molecule has 0 atom stereocenters. The third-order valence-corrected chi connectivity index (χ3v) is 5.33. The van der Waals surface area contributed by atoms with Crippen LogP contribution in [0.25, 0.3) is 0 Å². The summed E-state index contributed by atoms with van der Waals surface area (Å²) in [5, 5.41) is 16.1. The number of nitrogens with zero attached hydrogens (tertiary/aromatic N) is 4. The number of aryl methyl sites for hydroxylation is 1. The quantitative estimate of drug-likeness (QED) is 0.627. The Bertz CT molecular complexity index is 1070. The average Bonchev–Trinajstić information content (AvgIpc) is 3.27. The predicted molar refractivity (Wildman–Crippen MR) is 116 cm³/mol. The minimum atomic E-state index is -0.166. The van der Waals surface area contributed by atoms with Crippen LogP contribution in [0.3, 0.4) is 0 Å². The zero-order chi connectivity index (χ0) is 21.5. The molecular formula is C22H21N5O2S. The number of hydrogen-bond donors (Lipinski definition) is 1. The molecular weight excluding hydrogens is 398 g/mol. The van der Waals surface area contributed by atoms with Crippen molar-refractivity contribution in [2.75, 3.05) is 10.2 Å². The standard InChI is InChI=1S/C22H21N5O2S/c1-3-21(28)26-17-4-6-18(7-5-17)27(12-16-8-9-30-13-16)22(29)10-19-15(2)24-14-25-20(19)11-23/h4-9,13-14H,3,10,12H2,1-2H3,(H,26,28). The van der Waals surface area contributed by atoms with Crippen LogP contribution in [0.5, 0.6) is 0 Å². The minimum Gasteiger partial charge on any atom is -0.326 e. The maximum atomic E-state index is 13.3. The van der Waals surface area contributed by atoms with E-state index in [1.54, 1.807) is 54.3 Å². The van der Waals surface area contributed by atoms with Crippen LogP contribution in [0, 0.1) is 18.3 Å². The molecule has 0 bridgehead atoms. The number of thiophene rings is 1. The molecule has 0 unspecified atom stereocenters. The molecule has 152 valence electrons. The SMILES string of the molecule is CCC(=O)Nc1ccc(N(Cc2ccsc2)C(=O)Cc2c(C)ncnc2C#N)cc1. The Morgan fingerprint density at radius 1 is 1.20 bits per heavy atom. The number of carbonyl (C=O) groups excluding carboxylic acids is 2. The first-order valence-electron chi connectivity index (χ1n) is 9.43. The van der Waals surface area contributed by atoms with Gasteiger partial charge in [0.15, 0.2) is 0 Å². The predicted octanol–water partition coefficient (Wildman–Crippen LogP) is 3.84. The van der Waals surface area contributed by atoms with E-state index in [1.807, 2.05) is 22.9 Å². The van der Waals surface area contributed by atoms with Gasteiger partial charge >= 0.3 is 0 Å². The average molecular weight is 420 g/mol. The first-order chi connectivity index (χ1) is 14.5. The molecule has 0 saturated carbocycles. The van der Waals surface area contributed by atoms with E-state index in [-0.39, 0.29) is 23.9 Å². The second-order valence-corrected chi connectivity index (χ2v) is 7.41. The van der Waals surface area contributed by atoms with Gasteiger partial charge in [0.2, 0.25) is 11.8 Å². The Morgan fingerprint density at radius 3 is 2.60 bits per heavy atom. The highest BCUT2D eigenvalue weighted by atomic mass is 32.1. The van der Waals surface area contributed by atoms with E-state index in [0.29, 0.717) is 35.6 Å². The lowest BCUT2D eigenvalue weighted by Gasteiger charge is -2.23. The molecule has 0 fully saturated rings. The molecule has 2 amide bonds. The maximum Gasteiger partial charge on any atom is 0.231 e. The Morgan fingerprint density at radius 2 is 1.97 bits per heavy atom. The number of aromatic nitrogens is 2. The van der Waals surface area contributed by atoms with Gasteiger partial charge < -0.3 is 10.2 Å². The largest absolute Gasteiger partial charge is 0.326 e. The number of nitrogens with one attached hydrogen (secondary N) is 1. The fourth-order valence-electron chi connectivity index (χ4n) is 2.92. The van der Waals surface area contributed by atoms with E-state index in [9.17, 15) is 14.9 Å². The van der Waals surface area contributed by atoms with Gasteiger partial charge in [-0.2, -0.15) is 16.6 Å². The van der Waals surface area contributed by atoms with Gasteiger partial charge in [0.05, 0.1) is 13.0 Å². The summed E-state index contributed by atoms with van der Waals surface area (Å²) in [6.45, 7) is 3.95. The Hall–Kier alpha value is -3.57. The van der Waals surface area contributed by atoms with Gasteiger partial charge in [-0.25, -0.2) is 9.97 Å². The van der Waals surface area contributed by atoms with E-state index in [2.05, 4.69) is 15.3 Å². The molecule has 3 rings (SSSR count). The molecule has 1 N–H and O–H groups in total. The molecule has 1 aromatic carbocycles. The van der Waals surface area contributed by atoms with E-state index >= 15 is 0 Å². The summed E-state index contributed by atoms with van der Waals surface area (Å²) in [5.41, 5.74) is 3.75. The van der Waals surface area contributed by atoms with Crippen LogP contribution in [0.15, 0.2) is 47.4 Å². The topological polar surface area (TPSA) is 99.0 Å². The van der Waals surface area contributed by atoms with Gasteiger partial charge in [0, 0.05) is 29.1 Å². The van der Waals surface area contributed by atoms with Crippen molar-refractivity contribution in [1.29, 1.82) is 5.26 Å². The zero-order valence-corrected chi connectivity index (χ0v) is 17.6. The zero-order valence-electron chi connectivity index (χ0n) is 16.8. The number of nitriles is 1.